The van der Waals surface area contributed by atoms with Gasteiger partial charge in [-0.3, -0.25) is 0 Å². The zero-order valence-corrected chi connectivity index (χ0v) is 11.3. The van der Waals surface area contributed by atoms with Gasteiger partial charge in [0.2, 0.25) is 6.79 Å². The van der Waals surface area contributed by atoms with E-state index in [2.05, 4.69) is 26.1 Å². The molecule has 1 aromatic carbocycles. The van der Waals surface area contributed by atoms with Crippen LogP contribution in [0.5, 0.6) is 11.5 Å². The summed E-state index contributed by atoms with van der Waals surface area (Å²) in [6, 6.07) is 5.90. The fourth-order valence-electron chi connectivity index (χ4n) is 1.72. The molecule has 2 rings (SSSR count). The van der Waals surface area contributed by atoms with Crippen LogP contribution in [0.4, 0.5) is 0 Å². The van der Waals surface area contributed by atoms with Crippen LogP contribution in [0.3, 0.4) is 0 Å². The van der Waals surface area contributed by atoms with Crippen molar-refractivity contribution in [2.24, 2.45) is 0 Å². The second kappa shape index (κ2) is 5.59. The Morgan fingerprint density at radius 1 is 1.22 bits per heavy atom. The largest absolute Gasteiger partial charge is 0.454 e. The average Bonchev–Trinajstić information content (AvgIpc) is 2.74. The Balaban J connectivity index is 1.71. The summed E-state index contributed by atoms with van der Waals surface area (Å²) in [4.78, 5) is 0. The van der Waals surface area contributed by atoms with Crippen molar-refractivity contribution >= 4 is 0 Å². The maximum Gasteiger partial charge on any atom is 0.231 e. The Labute approximate surface area is 108 Å². The van der Waals surface area contributed by atoms with Crippen molar-refractivity contribution in [1.82, 2.24) is 5.32 Å². The molecule has 1 aliphatic rings. The van der Waals surface area contributed by atoms with Crippen molar-refractivity contribution in [3.8, 4) is 11.5 Å². The molecular formula is C14H21NO3. The molecule has 0 bridgehead atoms. The van der Waals surface area contributed by atoms with Crippen molar-refractivity contribution in [3.63, 3.8) is 0 Å². The van der Waals surface area contributed by atoms with Crippen molar-refractivity contribution in [2.45, 2.75) is 32.9 Å². The van der Waals surface area contributed by atoms with Crippen LogP contribution in [-0.4, -0.2) is 25.5 Å². The summed E-state index contributed by atoms with van der Waals surface area (Å²) in [7, 11) is 0. The van der Waals surface area contributed by atoms with E-state index >= 15 is 0 Å². The van der Waals surface area contributed by atoms with Crippen LogP contribution in [0, 0.1) is 0 Å². The number of nitrogens with one attached hydrogen (secondary N) is 1. The normalized spacial score (nSPS) is 13.9. The number of hydrogen-bond donors (Lipinski definition) is 1. The minimum absolute atomic E-state index is 0.141. The summed E-state index contributed by atoms with van der Waals surface area (Å²) in [6.45, 7) is 8.90. The second-order valence-corrected chi connectivity index (χ2v) is 5.42. The highest BCUT2D eigenvalue weighted by Gasteiger charge is 2.13. The van der Waals surface area contributed by atoms with Crippen molar-refractivity contribution in [1.29, 1.82) is 0 Å². The highest BCUT2D eigenvalue weighted by atomic mass is 16.7. The van der Waals surface area contributed by atoms with Gasteiger partial charge >= 0.3 is 0 Å². The molecule has 0 aromatic heterocycles. The van der Waals surface area contributed by atoms with Crippen LogP contribution in [0.15, 0.2) is 18.2 Å². The van der Waals surface area contributed by atoms with Crippen molar-refractivity contribution in [3.05, 3.63) is 23.8 Å². The molecule has 0 amide bonds. The zero-order chi connectivity index (χ0) is 13.0. The number of benzene rings is 1. The first-order chi connectivity index (χ1) is 8.54. The molecule has 0 saturated heterocycles. The van der Waals surface area contributed by atoms with E-state index in [9.17, 15) is 0 Å². The fraction of sp³-hybridized carbons (Fsp3) is 0.571. The van der Waals surface area contributed by atoms with Crippen LogP contribution < -0.4 is 14.8 Å². The highest BCUT2D eigenvalue weighted by molar-refractivity contribution is 5.44. The Morgan fingerprint density at radius 3 is 2.78 bits per heavy atom. The molecule has 1 aliphatic heterocycles. The van der Waals surface area contributed by atoms with Gasteiger partial charge < -0.3 is 19.5 Å². The summed E-state index contributed by atoms with van der Waals surface area (Å²) in [6.07, 6.45) is 0. The Morgan fingerprint density at radius 2 is 2.00 bits per heavy atom. The van der Waals surface area contributed by atoms with Gasteiger partial charge in [-0.1, -0.05) is 6.07 Å². The molecule has 4 nitrogen and oxygen atoms in total. The Hall–Kier alpha value is -1.26. The van der Waals surface area contributed by atoms with Gasteiger partial charge in [0, 0.05) is 12.1 Å². The molecule has 100 valence electrons. The molecular weight excluding hydrogens is 230 g/mol. The van der Waals surface area contributed by atoms with Gasteiger partial charge in [-0.25, -0.2) is 0 Å². The fourth-order valence-corrected chi connectivity index (χ4v) is 1.72. The lowest BCUT2D eigenvalue weighted by atomic mass is 10.1. The van der Waals surface area contributed by atoms with Gasteiger partial charge in [-0.05, 0) is 38.5 Å². The standard InChI is InChI=1S/C14H21NO3/c1-14(2,3)15-6-7-16-9-11-4-5-12-13(8-11)18-10-17-12/h4-5,8,15H,6-7,9-10H2,1-3H3. The number of rotatable bonds is 5. The van der Waals surface area contributed by atoms with E-state index in [1.165, 1.54) is 0 Å². The van der Waals surface area contributed by atoms with Crippen LogP contribution in [-0.2, 0) is 11.3 Å². The molecule has 18 heavy (non-hydrogen) atoms. The predicted octanol–water partition coefficient (Wildman–Crippen LogP) is 2.32. The minimum atomic E-state index is 0.141. The predicted molar refractivity (Wildman–Crippen MR) is 70.0 cm³/mol. The van der Waals surface area contributed by atoms with E-state index in [0.717, 1.165) is 23.6 Å². The molecule has 1 heterocycles. The molecule has 4 heteroatoms. The molecule has 1 N–H and O–H groups in total. The molecule has 0 radical (unpaired) electrons. The maximum absolute atomic E-state index is 5.62. The minimum Gasteiger partial charge on any atom is -0.454 e. The lowest BCUT2D eigenvalue weighted by Crippen LogP contribution is -2.37. The molecule has 1 aromatic rings. The smallest absolute Gasteiger partial charge is 0.231 e. The van der Waals surface area contributed by atoms with E-state index in [0.29, 0.717) is 20.0 Å². The van der Waals surface area contributed by atoms with Gasteiger partial charge in [0.05, 0.1) is 13.2 Å². The third-order valence-electron chi connectivity index (χ3n) is 2.61. The van der Waals surface area contributed by atoms with Gasteiger partial charge in [0.1, 0.15) is 0 Å². The van der Waals surface area contributed by atoms with E-state index in [1.54, 1.807) is 0 Å². The van der Waals surface area contributed by atoms with Crippen LogP contribution in [0.1, 0.15) is 26.3 Å². The number of hydrogen-bond acceptors (Lipinski definition) is 4. The lowest BCUT2D eigenvalue weighted by Gasteiger charge is -2.20. The number of ether oxygens (including phenoxy) is 3. The Kier molecular flexibility index (Phi) is 4.09. The molecule has 0 saturated carbocycles. The highest BCUT2D eigenvalue weighted by Crippen LogP contribution is 2.32. The topological polar surface area (TPSA) is 39.7 Å². The SMILES string of the molecule is CC(C)(C)NCCOCc1ccc2c(c1)OCO2. The molecule has 0 atom stereocenters. The van der Waals surface area contributed by atoms with Gasteiger partial charge in [-0.15, -0.1) is 0 Å². The van der Waals surface area contributed by atoms with Crippen LogP contribution >= 0.6 is 0 Å². The van der Waals surface area contributed by atoms with Gasteiger partial charge in [-0.2, -0.15) is 0 Å². The van der Waals surface area contributed by atoms with E-state index in [4.69, 9.17) is 14.2 Å². The lowest BCUT2D eigenvalue weighted by molar-refractivity contribution is 0.118. The molecule has 0 spiro atoms. The second-order valence-electron chi connectivity index (χ2n) is 5.42. The molecule has 0 aliphatic carbocycles. The first-order valence-corrected chi connectivity index (χ1v) is 6.26. The summed E-state index contributed by atoms with van der Waals surface area (Å²) in [5, 5.41) is 3.38. The third kappa shape index (κ3) is 3.89. The van der Waals surface area contributed by atoms with Crippen LogP contribution in [0.2, 0.25) is 0 Å². The summed E-state index contributed by atoms with van der Waals surface area (Å²) in [5.41, 5.74) is 1.25. The zero-order valence-electron chi connectivity index (χ0n) is 11.3. The summed E-state index contributed by atoms with van der Waals surface area (Å²) >= 11 is 0. The van der Waals surface area contributed by atoms with Crippen LogP contribution in [0.25, 0.3) is 0 Å². The first-order valence-electron chi connectivity index (χ1n) is 6.26. The monoisotopic (exact) mass is 251 g/mol. The van der Waals surface area contributed by atoms with Gasteiger partial charge in [0.15, 0.2) is 11.5 Å². The average molecular weight is 251 g/mol. The maximum atomic E-state index is 5.62. The van der Waals surface area contributed by atoms with Gasteiger partial charge in [0.25, 0.3) is 0 Å². The Bertz CT molecular complexity index is 399. The third-order valence-corrected chi connectivity index (χ3v) is 2.61. The van der Waals surface area contributed by atoms with Crippen molar-refractivity contribution in [2.75, 3.05) is 19.9 Å². The van der Waals surface area contributed by atoms with E-state index in [-0.39, 0.29) is 5.54 Å². The quantitative estimate of drug-likeness (QED) is 0.815. The van der Waals surface area contributed by atoms with Crippen molar-refractivity contribution < 1.29 is 14.2 Å². The molecule has 0 unspecified atom stereocenters. The van der Waals surface area contributed by atoms with E-state index in [1.807, 2.05) is 18.2 Å². The molecule has 0 fully saturated rings. The van der Waals surface area contributed by atoms with E-state index < -0.39 is 0 Å². The first kappa shape index (κ1) is 13.2. The number of fused-ring (bicyclic) bond motifs is 1. The summed E-state index contributed by atoms with van der Waals surface area (Å²) < 4.78 is 16.2. The summed E-state index contributed by atoms with van der Waals surface area (Å²) in [5.74, 6) is 1.62.